The molecule has 0 spiro atoms. The smallest absolute Gasteiger partial charge is 0.261 e. The molecule has 4 nitrogen and oxygen atoms in total. The van der Waals surface area contributed by atoms with Crippen LogP contribution in [0.25, 0.3) is 10.9 Å². The molecule has 0 saturated carbocycles. The molecular formula is C21H19BrN2O2. The molecule has 132 valence electrons. The minimum Gasteiger partial charge on any atom is -0.343 e. The third-order valence-corrected chi connectivity index (χ3v) is 5.63. The Morgan fingerprint density at radius 2 is 1.96 bits per heavy atom. The second kappa shape index (κ2) is 6.09. The zero-order valence-corrected chi connectivity index (χ0v) is 16.5. The second-order valence-corrected chi connectivity index (χ2v) is 7.96. The van der Waals surface area contributed by atoms with Crippen molar-refractivity contribution in [3.05, 3.63) is 73.5 Å². The van der Waals surface area contributed by atoms with E-state index in [2.05, 4.69) is 34.2 Å². The zero-order valence-electron chi connectivity index (χ0n) is 14.9. The van der Waals surface area contributed by atoms with E-state index >= 15 is 0 Å². The molecule has 3 aromatic rings. The molecule has 1 aliphatic heterocycles. The van der Waals surface area contributed by atoms with Crippen LogP contribution in [0, 0.1) is 13.8 Å². The van der Waals surface area contributed by atoms with E-state index in [-0.39, 0.29) is 22.9 Å². The Hall–Kier alpha value is -2.40. The molecule has 0 unspecified atom stereocenters. The minimum absolute atomic E-state index is 0.175. The van der Waals surface area contributed by atoms with Crippen LogP contribution >= 0.6 is 15.9 Å². The highest BCUT2D eigenvalue weighted by Gasteiger charge is 2.25. The number of rotatable bonds is 2. The molecule has 0 saturated heterocycles. The minimum atomic E-state index is -0.371. The molecule has 26 heavy (non-hydrogen) atoms. The van der Waals surface area contributed by atoms with Gasteiger partial charge in [-0.1, -0.05) is 22.0 Å². The van der Waals surface area contributed by atoms with Gasteiger partial charge >= 0.3 is 0 Å². The van der Waals surface area contributed by atoms with Crippen LogP contribution in [0.5, 0.6) is 0 Å². The summed E-state index contributed by atoms with van der Waals surface area (Å²) < 4.78 is 2.91. The maximum atomic E-state index is 13.0. The Morgan fingerprint density at radius 1 is 1.19 bits per heavy atom. The number of pyridine rings is 1. The number of benzene rings is 2. The van der Waals surface area contributed by atoms with Gasteiger partial charge in [-0.3, -0.25) is 9.59 Å². The fourth-order valence-electron chi connectivity index (χ4n) is 3.64. The van der Waals surface area contributed by atoms with Crippen LogP contribution in [0.2, 0.25) is 0 Å². The average molecular weight is 411 g/mol. The maximum Gasteiger partial charge on any atom is 0.261 e. The van der Waals surface area contributed by atoms with Gasteiger partial charge in [-0.15, -0.1) is 0 Å². The van der Waals surface area contributed by atoms with E-state index in [0.29, 0.717) is 11.1 Å². The summed E-state index contributed by atoms with van der Waals surface area (Å²) in [6.45, 7) is 6.12. The fourth-order valence-corrected chi connectivity index (χ4v) is 4.15. The number of anilines is 1. The molecule has 1 N–H and O–H groups in total. The third-order valence-electron chi connectivity index (χ3n) is 5.17. The van der Waals surface area contributed by atoms with Crippen molar-refractivity contribution in [1.29, 1.82) is 0 Å². The van der Waals surface area contributed by atoms with Gasteiger partial charge in [-0.05, 0) is 68.1 Å². The first-order valence-electron chi connectivity index (χ1n) is 8.61. The van der Waals surface area contributed by atoms with Crippen molar-refractivity contribution in [3.8, 4) is 0 Å². The maximum absolute atomic E-state index is 13.0. The monoisotopic (exact) mass is 410 g/mol. The molecular weight excluding hydrogens is 392 g/mol. The van der Waals surface area contributed by atoms with Gasteiger partial charge in [0, 0.05) is 27.8 Å². The summed E-state index contributed by atoms with van der Waals surface area (Å²) in [5.41, 5.74) is 4.98. The number of hydrogen-bond acceptors (Lipinski definition) is 2. The first-order valence-corrected chi connectivity index (χ1v) is 9.40. The third kappa shape index (κ3) is 2.67. The summed E-state index contributed by atoms with van der Waals surface area (Å²) in [6, 6.07) is 9.82. The lowest BCUT2D eigenvalue weighted by atomic mass is 10.1. The van der Waals surface area contributed by atoms with Crippen molar-refractivity contribution in [1.82, 2.24) is 4.57 Å². The predicted molar refractivity (Wildman–Crippen MR) is 108 cm³/mol. The lowest BCUT2D eigenvalue weighted by Gasteiger charge is -2.13. The first kappa shape index (κ1) is 17.0. The lowest BCUT2D eigenvalue weighted by molar-refractivity contribution is 0.102. The summed E-state index contributed by atoms with van der Waals surface area (Å²) >= 11 is 3.48. The van der Waals surface area contributed by atoms with E-state index in [0.717, 1.165) is 33.1 Å². The van der Waals surface area contributed by atoms with Crippen LogP contribution < -0.4 is 10.7 Å². The summed E-state index contributed by atoms with van der Waals surface area (Å²) in [6.07, 6.45) is 2.56. The predicted octanol–water partition coefficient (Wildman–Crippen LogP) is 4.75. The van der Waals surface area contributed by atoms with Crippen molar-refractivity contribution in [2.75, 3.05) is 5.32 Å². The van der Waals surface area contributed by atoms with E-state index in [1.165, 1.54) is 0 Å². The van der Waals surface area contributed by atoms with Crippen LogP contribution in [0.1, 0.15) is 40.0 Å². The standard InChI is InChI=1S/C21H19BrN2O2/c1-11-4-5-16(6-12(11)2)23-21(26)18-10-24-13(3)7-14-8-15(22)9-17(19(14)24)20(18)25/h4-6,8-10,13H,7H2,1-3H3,(H,23,26)/t13-/m0/s1. The fraction of sp³-hybridized carbons (Fsp3) is 0.238. The first-order chi connectivity index (χ1) is 12.3. The number of aryl methyl sites for hydroxylation is 2. The number of nitrogens with zero attached hydrogens (tertiary/aromatic N) is 1. The van der Waals surface area contributed by atoms with Crippen molar-refractivity contribution >= 4 is 38.4 Å². The Morgan fingerprint density at radius 3 is 2.69 bits per heavy atom. The summed E-state index contributed by atoms with van der Waals surface area (Å²) in [5.74, 6) is -0.371. The highest BCUT2D eigenvalue weighted by molar-refractivity contribution is 9.10. The molecule has 0 bridgehead atoms. The molecule has 4 rings (SSSR count). The Labute approximate surface area is 160 Å². The summed E-state index contributed by atoms with van der Waals surface area (Å²) in [4.78, 5) is 25.8. The van der Waals surface area contributed by atoms with Crippen LogP contribution in [-0.2, 0) is 6.42 Å². The van der Waals surface area contributed by atoms with Gasteiger partial charge < -0.3 is 9.88 Å². The summed E-state index contributed by atoms with van der Waals surface area (Å²) in [7, 11) is 0. The molecule has 2 aromatic carbocycles. The summed E-state index contributed by atoms with van der Waals surface area (Å²) in [5, 5.41) is 3.45. The highest BCUT2D eigenvalue weighted by Crippen LogP contribution is 2.33. The molecule has 0 radical (unpaired) electrons. The zero-order chi connectivity index (χ0) is 18.6. The average Bonchev–Trinajstić information content (AvgIpc) is 2.89. The number of amides is 1. The van der Waals surface area contributed by atoms with Gasteiger partial charge in [0.25, 0.3) is 5.91 Å². The molecule has 0 fully saturated rings. The quantitative estimate of drug-likeness (QED) is 0.662. The van der Waals surface area contributed by atoms with Gasteiger partial charge in [0.1, 0.15) is 5.56 Å². The van der Waals surface area contributed by atoms with Crippen molar-refractivity contribution < 1.29 is 4.79 Å². The molecule has 2 heterocycles. The second-order valence-electron chi connectivity index (χ2n) is 7.05. The largest absolute Gasteiger partial charge is 0.343 e. The van der Waals surface area contributed by atoms with E-state index in [1.807, 2.05) is 42.7 Å². The van der Waals surface area contributed by atoms with Crippen LogP contribution in [0.4, 0.5) is 5.69 Å². The van der Waals surface area contributed by atoms with Gasteiger partial charge in [0.15, 0.2) is 0 Å². The van der Waals surface area contributed by atoms with E-state index in [4.69, 9.17) is 0 Å². The van der Waals surface area contributed by atoms with E-state index in [1.54, 1.807) is 6.20 Å². The molecule has 1 atom stereocenters. The molecule has 5 heteroatoms. The number of aromatic nitrogens is 1. The van der Waals surface area contributed by atoms with Gasteiger partial charge in [-0.2, -0.15) is 0 Å². The normalized spacial score (nSPS) is 15.5. The number of carbonyl (C=O) groups is 1. The van der Waals surface area contributed by atoms with Crippen molar-refractivity contribution in [2.24, 2.45) is 0 Å². The van der Waals surface area contributed by atoms with Gasteiger partial charge in [-0.25, -0.2) is 0 Å². The molecule has 1 aliphatic rings. The van der Waals surface area contributed by atoms with E-state index < -0.39 is 0 Å². The Kier molecular flexibility index (Phi) is 3.99. The highest BCUT2D eigenvalue weighted by atomic mass is 79.9. The molecule has 1 aromatic heterocycles. The van der Waals surface area contributed by atoms with Crippen LogP contribution in [0.15, 0.2) is 45.8 Å². The topological polar surface area (TPSA) is 51.1 Å². The van der Waals surface area contributed by atoms with Gasteiger partial charge in [0.05, 0.1) is 5.52 Å². The number of nitrogens with one attached hydrogen (secondary N) is 1. The molecule has 0 aliphatic carbocycles. The number of carbonyl (C=O) groups excluding carboxylic acids is 1. The van der Waals surface area contributed by atoms with Crippen LogP contribution in [-0.4, -0.2) is 10.5 Å². The number of hydrogen-bond donors (Lipinski definition) is 1. The van der Waals surface area contributed by atoms with Crippen molar-refractivity contribution in [3.63, 3.8) is 0 Å². The Balaban J connectivity index is 1.82. The van der Waals surface area contributed by atoms with E-state index in [9.17, 15) is 9.59 Å². The Bertz CT molecular complexity index is 1130. The van der Waals surface area contributed by atoms with Gasteiger partial charge in [0.2, 0.25) is 5.43 Å². The van der Waals surface area contributed by atoms with Crippen molar-refractivity contribution in [2.45, 2.75) is 33.2 Å². The SMILES string of the molecule is Cc1ccc(NC(=O)c2cn3c4c(cc(Br)cc4c2=O)C[C@@H]3C)cc1C. The lowest BCUT2D eigenvalue weighted by Crippen LogP contribution is -2.23. The number of halogens is 1. The van der Waals surface area contributed by atoms with Crippen LogP contribution in [0.3, 0.4) is 0 Å². The molecule has 1 amide bonds.